The molecular weight excluding hydrogens is 229 g/mol. The van der Waals surface area contributed by atoms with Gasteiger partial charge in [0.15, 0.2) is 0 Å². The first-order chi connectivity index (χ1) is 7.78. The Morgan fingerprint density at radius 2 is 1.53 bits per heavy atom. The maximum atomic E-state index is 13.2. The summed E-state index contributed by atoms with van der Waals surface area (Å²) in [6.07, 6.45) is -4.25. The van der Waals surface area contributed by atoms with Crippen LogP contribution in [0.15, 0.2) is 12.1 Å². The lowest BCUT2D eigenvalue weighted by Gasteiger charge is -2.44. The third kappa shape index (κ3) is 1.75. The maximum Gasteiger partial charge on any atom is 0.402 e. The second kappa shape index (κ2) is 3.73. The van der Waals surface area contributed by atoms with Crippen LogP contribution in [-0.2, 0) is 10.2 Å². The predicted molar refractivity (Wildman–Crippen MR) is 59.2 cm³/mol. The number of aryl methyl sites for hydroxylation is 3. The van der Waals surface area contributed by atoms with E-state index in [1.165, 1.54) is 0 Å². The fraction of sp³-hybridized carbons (Fsp3) is 0.538. The van der Waals surface area contributed by atoms with Gasteiger partial charge in [0, 0.05) is 0 Å². The molecule has 0 N–H and O–H groups in total. The Balaban J connectivity index is 2.56. The van der Waals surface area contributed by atoms with Crippen LogP contribution in [0.4, 0.5) is 13.2 Å². The van der Waals surface area contributed by atoms with Crippen molar-refractivity contribution in [3.63, 3.8) is 0 Å². The molecule has 2 rings (SSSR count). The van der Waals surface area contributed by atoms with Gasteiger partial charge in [-0.3, -0.25) is 0 Å². The number of benzene rings is 1. The van der Waals surface area contributed by atoms with Crippen molar-refractivity contribution >= 4 is 0 Å². The molecule has 0 aliphatic carbocycles. The zero-order chi connectivity index (χ0) is 12.8. The largest absolute Gasteiger partial charge is 0.402 e. The molecule has 1 nitrogen and oxygen atoms in total. The van der Waals surface area contributed by atoms with Crippen LogP contribution in [0.25, 0.3) is 0 Å². The minimum absolute atomic E-state index is 0.264. The Kier molecular flexibility index (Phi) is 2.73. The van der Waals surface area contributed by atoms with Crippen LogP contribution in [0, 0.1) is 20.8 Å². The Morgan fingerprint density at radius 1 is 1.00 bits per heavy atom. The molecule has 1 aromatic rings. The number of hydrogen-bond acceptors (Lipinski definition) is 1. The molecule has 1 aromatic carbocycles. The van der Waals surface area contributed by atoms with E-state index in [9.17, 15) is 13.2 Å². The van der Waals surface area contributed by atoms with Gasteiger partial charge in [0.25, 0.3) is 0 Å². The third-order valence-corrected chi connectivity index (χ3v) is 3.60. The van der Waals surface area contributed by atoms with Gasteiger partial charge in [-0.1, -0.05) is 12.1 Å². The summed E-state index contributed by atoms with van der Waals surface area (Å²) < 4.78 is 44.3. The summed E-state index contributed by atoms with van der Waals surface area (Å²) in [7, 11) is 0. The van der Waals surface area contributed by atoms with Crippen LogP contribution >= 0.6 is 0 Å². The number of halogens is 3. The number of rotatable bonds is 1. The Bertz CT molecular complexity index is 445. The molecule has 1 aliphatic heterocycles. The van der Waals surface area contributed by atoms with E-state index in [0.29, 0.717) is 11.1 Å². The molecule has 0 bridgehead atoms. The van der Waals surface area contributed by atoms with Crippen molar-refractivity contribution in [3.8, 4) is 0 Å². The van der Waals surface area contributed by atoms with E-state index < -0.39 is 11.6 Å². The van der Waals surface area contributed by atoms with Gasteiger partial charge in [0.1, 0.15) is 5.41 Å². The fourth-order valence-electron chi connectivity index (χ4n) is 2.25. The molecule has 0 atom stereocenters. The molecule has 0 saturated carbocycles. The first-order valence-corrected chi connectivity index (χ1v) is 5.51. The van der Waals surface area contributed by atoms with Crippen molar-refractivity contribution < 1.29 is 17.9 Å². The topological polar surface area (TPSA) is 9.23 Å². The van der Waals surface area contributed by atoms with Gasteiger partial charge in [0.05, 0.1) is 13.2 Å². The first-order valence-electron chi connectivity index (χ1n) is 5.51. The second-order valence-electron chi connectivity index (χ2n) is 4.82. The van der Waals surface area contributed by atoms with E-state index >= 15 is 0 Å². The summed E-state index contributed by atoms with van der Waals surface area (Å²) in [5, 5.41) is 0. The number of hydrogen-bond donors (Lipinski definition) is 0. The van der Waals surface area contributed by atoms with E-state index in [0.717, 1.165) is 11.1 Å². The minimum Gasteiger partial charge on any atom is -0.379 e. The van der Waals surface area contributed by atoms with Crippen LogP contribution in [0.1, 0.15) is 22.3 Å². The SMILES string of the molecule is Cc1cc(C)c(C2(C(F)(F)F)COC2)cc1C. The molecule has 4 heteroatoms. The highest BCUT2D eigenvalue weighted by Gasteiger charge is 2.61. The van der Waals surface area contributed by atoms with Gasteiger partial charge in [-0.05, 0) is 43.0 Å². The summed E-state index contributed by atoms with van der Waals surface area (Å²) in [5.74, 6) is 0. The second-order valence-corrected chi connectivity index (χ2v) is 4.82. The molecule has 94 valence electrons. The summed E-state index contributed by atoms with van der Waals surface area (Å²) in [6.45, 7) is 4.94. The normalized spacial score (nSPS) is 18.9. The third-order valence-electron chi connectivity index (χ3n) is 3.60. The molecule has 0 amide bonds. The molecule has 1 fully saturated rings. The van der Waals surface area contributed by atoms with E-state index in [-0.39, 0.29) is 13.2 Å². The fourth-order valence-corrected chi connectivity index (χ4v) is 2.25. The molecule has 1 saturated heterocycles. The van der Waals surface area contributed by atoms with E-state index in [4.69, 9.17) is 4.74 Å². The number of alkyl halides is 3. The Morgan fingerprint density at radius 3 is 1.94 bits per heavy atom. The predicted octanol–water partition coefficient (Wildman–Crippen LogP) is 3.44. The Hall–Kier alpha value is -1.03. The molecule has 0 unspecified atom stereocenters. The minimum atomic E-state index is -4.25. The molecule has 0 radical (unpaired) electrons. The highest BCUT2D eigenvalue weighted by atomic mass is 19.4. The van der Waals surface area contributed by atoms with Gasteiger partial charge in [0.2, 0.25) is 0 Å². The van der Waals surface area contributed by atoms with Crippen LogP contribution in [0.3, 0.4) is 0 Å². The average molecular weight is 244 g/mol. The van der Waals surface area contributed by atoms with Crippen LogP contribution in [0.5, 0.6) is 0 Å². The average Bonchev–Trinajstić information content (AvgIpc) is 2.09. The van der Waals surface area contributed by atoms with Crippen LogP contribution in [0.2, 0.25) is 0 Å². The van der Waals surface area contributed by atoms with Crippen molar-refractivity contribution in [2.75, 3.05) is 13.2 Å². The van der Waals surface area contributed by atoms with Crippen LogP contribution < -0.4 is 0 Å². The highest BCUT2D eigenvalue weighted by Crippen LogP contribution is 2.47. The van der Waals surface area contributed by atoms with Crippen molar-refractivity contribution in [2.45, 2.75) is 32.4 Å². The van der Waals surface area contributed by atoms with Gasteiger partial charge in [-0.25, -0.2) is 0 Å². The quantitative estimate of drug-likeness (QED) is 0.735. The zero-order valence-corrected chi connectivity index (χ0v) is 10.1. The van der Waals surface area contributed by atoms with Gasteiger partial charge >= 0.3 is 6.18 Å². The van der Waals surface area contributed by atoms with Gasteiger partial charge in [-0.2, -0.15) is 13.2 Å². The number of ether oxygens (including phenoxy) is 1. The van der Waals surface area contributed by atoms with Crippen molar-refractivity contribution in [3.05, 3.63) is 34.4 Å². The van der Waals surface area contributed by atoms with E-state index in [2.05, 4.69) is 0 Å². The summed E-state index contributed by atoms with van der Waals surface area (Å²) >= 11 is 0. The van der Waals surface area contributed by atoms with E-state index in [1.807, 2.05) is 19.9 Å². The van der Waals surface area contributed by atoms with Crippen molar-refractivity contribution in [1.29, 1.82) is 0 Å². The smallest absolute Gasteiger partial charge is 0.379 e. The lowest BCUT2D eigenvalue weighted by atomic mass is 9.75. The maximum absolute atomic E-state index is 13.2. The summed E-state index contributed by atoms with van der Waals surface area (Å²) in [5.41, 5.74) is 1.16. The van der Waals surface area contributed by atoms with Crippen molar-refractivity contribution in [1.82, 2.24) is 0 Å². The zero-order valence-electron chi connectivity index (χ0n) is 10.1. The molecule has 1 aliphatic rings. The lowest BCUT2D eigenvalue weighted by molar-refractivity contribution is -0.262. The standard InChI is InChI=1S/C13H15F3O/c1-8-4-10(3)11(5-9(8)2)12(6-17-7-12)13(14,15)16/h4-5H,6-7H2,1-3H3. The van der Waals surface area contributed by atoms with Gasteiger partial charge < -0.3 is 4.74 Å². The molecule has 0 aromatic heterocycles. The Labute approximate surface area is 98.6 Å². The van der Waals surface area contributed by atoms with Crippen LogP contribution in [-0.4, -0.2) is 19.4 Å². The monoisotopic (exact) mass is 244 g/mol. The summed E-state index contributed by atoms with van der Waals surface area (Å²) in [4.78, 5) is 0. The lowest BCUT2D eigenvalue weighted by Crippen LogP contribution is -2.57. The molecular formula is C13H15F3O. The first kappa shape index (κ1) is 12.4. The molecule has 1 heterocycles. The van der Waals surface area contributed by atoms with Gasteiger partial charge in [-0.15, -0.1) is 0 Å². The summed E-state index contributed by atoms with van der Waals surface area (Å²) in [6, 6.07) is 3.47. The van der Waals surface area contributed by atoms with E-state index in [1.54, 1.807) is 13.0 Å². The molecule has 17 heavy (non-hydrogen) atoms. The van der Waals surface area contributed by atoms with Crippen molar-refractivity contribution in [2.24, 2.45) is 0 Å². The highest BCUT2D eigenvalue weighted by molar-refractivity contribution is 5.43. The molecule has 0 spiro atoms.